The molecule has 0 saturated carbocycles. The van der Waals surface area contributed by atoms with Crippen LogP contribution in [0.3, 0.4) is 0 Å². The third-order valence-electron chi connectivity index (χ3n) is 3.40. The summed E-state index contributed by atoms with van der Waals surface area (Å²) in [5.74, 6) is -0.981. The molecule has 1 aromatic rings. The van der Waals surface area contributed by atoms with Gasteiger partial charge in [-0.2, -0.15) is 0 Å². The van der Waals surface area contributed by atoms with Crippen molar-refractivity contribution in [2.75, 3.05) is 6.61 Å². The maximum absolute atomic E-state index is 13.6. The first-order valence-electron chi connectivity index (χ1n) is 6.39. The average molecular weight is 255 g/mol. The highest BCUT2D eigenvalue weighted by atomic mass is 19.1. The Bertz CT molecular complexity index is 391. The van der Waals surface area contributed by atoms with Gasteiger partial charge in [-0.3, -0.25) is 0 Å². The van der Waals surface area contributed by atoms with Crippen molar-refractivity contribution in [3.8, 4) is 0 Å². The third-order valence-corrected chi connectivity index (χ3v) is 3.40. The van der Waals surface area contributed by atoms with Crippen LogP contribution in [0.2, 0.25) is 0 Å². The van der Waals surface area contributed by atoms with E-state index in [1.165, 1.54) is 18.2 Å². The van der Waals surface area contributed by atoms with Crippen LogP contribution < -0.4 is 5.32 Å². The number of hydrogen-bond donors (Lipinski definition) is 1. The number of rotatable bonds is 3. The first-order valence-corrected chi connectivity index (χ1v) is 6.39. The van der Waals surface area contributed by atoms with E-state index in [0.29, 0.717) is 6.61 Å². The summed E-state index contributed by atoms with van der Waals surface area (Å²) in [5.41, 5.74) is 0.122. The molecule has 0 aliphatic carbocycles. The van der Waals surface area contributed by atoms with Gasteiger partial charge in [0, 0.05) is 24.3 Å². The molecule has 1 fully saturated rings. The molecular weight excluding hydrogens is 236 g/mol. The van der Waals surface area contributed by atoms with Gasteiger partial charge in [0.05, 0.1) is 6.10 Å². The summed E-state index contributed by atoms with van der Waals surface area (Å²) in [6.45, 7) is 4.51. The van der Waals surface area contributed by atoms with Gasteiger partial charge >= 0.3 is 0 Å². The molecule has 4 heteroatoms. The predicted molar refractivity (Wildman–Crippen MR) is 66.3 cm³/mol. The minimum absolute atomic E-state index is 0.122. The zero-order valence-corrected chi connectivity index (χ0v) is 10.7. The number of benzene rings is 1. The summed E-state index contributed by atoms with van der Waals surface area (Å²) in [5, 5.41) is 3.29. The molecule has 3 atom stereocenters. The summed E-state index contributed by atoms with van der Waals surface area (Å²) in [6, 6.07) is 3.90. The maximum atomic E-state index is 13.6. The molecule has 0 amide bonds. The van der Waals surface area contributed by atoms with Crippen molar-refractivity contribution in [1.29, 1.82) is 0 Å². The van der Waals surface area contributed by atoms with E-state index in [9.17, 15) is 8.78 Å². The minimum atomic E-state index is -0.491. The van der Waals surface area contributed by atoms with Crippen molar-refractivity contribution in [3.63, 3.8) is 0 Å². The molecule has 1 aliphatic rings. The highest BCUT2D eigenvalue weighted by Crippen LogP contribution is 2.23. The Hall–Kier alpha value is -1.00. The van der Waals surface area contributed by atoms with Gasteiger partial charge in [-0.1, -0.05) is 6.07 Å². The Morgan fingerprint density at radius 3 is 2.61 bits per heavy atom. The van der Waals surface area contributed by atoms with Crippen LogP contribution in [-0.4, -0.2) is 18.8 Å². The van der Waals surface area contributed by atoms with Gasteiger partial charge in [0.25, 0.3) is 0 Å². The lowest BCUT2D eigenvalue weighted by atomic mass is 10.0. The molecule has 1 N–H and O–H groups in total. The first kappa shape index (κ1) is 13.4. The number of ether oxygens (including phenoxy) is 1. The zero-order chi connectivity index (χ0) is 13.1. The molecule has 0 aromatic heterocycles. The second-order valence-corrected chi connectivity index (χ2v) is 4.93. The molecule has 0 radical (unpaired) electrons. The lowest BCUT2D eigenvalue weighted by Crippen LogP contribution is -2.39. The van der Waals surface area contributed by atoms with Crippen molar-refractivity contribution in [3.05, 3.63) is 35.4 Å². The monoisotopic (exact) mass is 255 g/mol. The Morgan fingerprint density at radius 1 is 1.33 bits per heavy atom. The zero-order valence-electron chi connectivity index (χ0n) is 10.7. The van der Waals surface area contributed by atoms with Crippen LogP contribution in [0.1, 0.15) is 38.3 Å². The van der Waals surface area contributed by atoms with Crippen LogP contribution in [0.25, 0.3) is 0 Å². The molecular formula is C14H19F2NO. The summed E-state index contributed by atoms with van der Waals surface area (Å²) >= 11 is 0. The third kappa shape index (κ3) is 3.06. The van der Waals surface area contributed by atoms with Crippen molar-refractivity contribution in [1.82, 2.24) is 5.32 Å². The number of hydrogen-bond acceptors (Lipinski definition) is 2. The molecule has 2 rings (SSSR count). The van der Waals surface area contributed by atoms with Crippen molar-refractivity contribution >= 4 is 0 Å². The minimum Gasteiger partial charge on any atom is -0.378 e. The highest BCUT2D eigenvalue weighted by Gasteiger charge is 2.23. The van der Waals surface area contributed by atoms with E-state index >= 15 is 0 Å². The van der Waals surface area contributed by atoms with Crippen molar-refractivity contribution in [2.45, 2.75) is 44.9 Å². The van der Waals surface area contributed by atoms with Gasteiger partial charge in [0.15, 0.2) is 0 Å². The van der Waals surface area contributed by atoms with E-state index in [1.54, 1.807) is 6.92 Å². The Balaban J connectivity index is 2.05. The van der Waals surface area contributed by atoms with E-state index in [0.717, 1.165) is 12.8 Å². The van der Waals surface area contributed by atoms with E-state index in [4.69, 9.17) is 4.74 Å². The standard InChI is InChI=1S/C14H19F2NO/c1-9-8-11(6-7-18-9)17-10(2)14-12(15)4-3-5-13(14)16/h3-5,9-11,17H,6-8H2,1-2H3. The lowest BCUT2D eigenvalue weighted by Gasteiger charge is -2.30. The second-order valence-electron chi connectivity index (χ2n) is 4.93. The fraction of sp³-hybridized carbons (Fsp3) is 0.571. The van der Waals surface area contributed by atoms with Gasteiger partial charge in [-0.15, -0.1) is 0 Å². The van der Waals surface area contributed by atoms with Crippen LogP contribution in [0.15, 0.2) is 18.2 Å². The highest BCUT2D eigenvalue weighted by molar-refractivity contribution is 5.22. The van der Waals surface area contributed by atoms with Gasteiger partial charge in [-0.05, 0) is 38.8 Å². The second kappa shape index (κ2) is 5.76. The smallest absolute Gasteiger partial charge is 0.130 e. The van der Waals surface area contributed by atoms with Crippen LogP contribution in [0.5, 0.6) is 0 Å². The summed E-state index contributed by atoms with van der Waals surface area (Å²) < 4.78 is 32.7. The van der Waals surface area contributed by atoms with E-state index in [2.05, 4.69) is 5.32 Å². The molecule has 100 valence electrons. The number of halogens is 2. The fourth-order valence-corrected chi connectivity index (χ4v) is 2.51. The summed E-state index contributed by atoms with van der Waals surface area (Å²) in [4.78, 5) is 0. The topological polar surface area (TPSA) is 21.3 Å². The van der Waals surface area contributed by atoms with Crippen LogP contribution in [0, 0.1) is 11.6 Å². The Labute approximate surface area is 106 Å². The van der Waals surface area contributed by atoms with E-state index < -0.39 is 11.6 Å². The normalized spacial score (nSPS) is 26.0. The largest absolute Gasteiger partial charge is 0.378 e. The summed E-state index contributed by atoms with van der Waals surface area (Å²) in [6.07, 6.45) is 1.96. The van der Waals surface area contributed by atoms with Gasteiger partial charge < -0.3 is 10.1 Å². The van der Waals surface area contributed by atoms with E-state index in [1.807, 2.05) is 6.92 Å². The average Bonchev–Trinajstić information content (AvgIpc) is 2.28. The lowest BCUT2D eigenvalue weighted by molar-refractivity contribution is 0.0114. The predicted octanol–water partition coefficient (Wildman–Crippen LogP) is 3.18. The first-order chi connectivity index (χ1) is 8.58. The SMILES string of the molecule is CC1CC(NC(C)c2c(F)cccc2F)CCO1. The Morgan fingerprint density at radius 2 is 2.00 bits per heavy atom. The molecule has 1 saturated heterocycles. The van der Waals surface area contributed by atoms with E-state index in [-0.39, 0.29) is 23.8 Å². The van der Waals surface area contributed by atoms with Crippen LogP contribution >= 0.6 is 0 Å². The maximum Gasteiger partial charge on any atom is 0.130 e. The van der Waals surface area contributed by atoms with Crippen molar-refractivity contribution in [2.24, 2.45) is 0 Å². The fourth-order valence-electron chi connectivity index (χ4n) is 2.51. The molecule has 1 aromatic carbocycles. The van der Waals surface area contributed by atoms with Crippen LogP contribution in [0.4, 0.5) is 8.78 Å². The number of nitrogens with one attached hydrogen (secondary N) is 1. The molecule has 2 nitrogen and oxygen atoms in total. The molecule has 0 bridgehead atoms. The van der Waals surface area contributed by atoms with Crippen LogP contribution in [-0.2, 0) is 4.74 Å². The van der Waals surface area contributed by atoms with Crippen molar-refractivity contribution < 1.29 is 13.5 Å². The molecule has 1 heterocycles. The molecule has 18 heavy (non-hydrogen) atoms. The molecule has 3 unspecified atom stereocenters. The van der Waals surface area contributed by atoms with Gasteiger partial charge in [-0.25, -0.2) is 8.78 Å². The quantitative estimate of drug-likeness (QED) is 0.895. The van der Waals surface area contributed by atoms with Gasteiger partial charge in [0.2, 0.25) is 0 Å². The Kier molecular flexibility index (Phi) is 4.30. The molecule has 1 aliphatic heterocycles. The summed E-state index contributed by atoms with van der Waals surface area (Å²) in [7, 11) is 0. The van der Waals surface area contributed by atoms with Gasteiger partial charge in [0.1, 0.15) is 11.6 Å². The molecule has 0 spiro atoms.